The van der Waals surface area contributed by atoms with Crippen LogP contribution in [0.25, 0.3) is 16.7 Å². The van der Waals surface area contributed by atoms with E-state index >= 15 is 0 Å². The molecular weight excluding hydrogens is 388 g/mol. The van der Waals surface area contributed by atoms with Crippen molar-refractivity contribution < 1.29 is 9.53 Å². The van der Waals surface area contributed by atoms with E-state index in [9.17, 15) is 9.59 Å². The van der Waals surface area contributed by atoms with Gasteiger partial charge in [-0.2, -0.15) is 0 Å². The summed E-state index contributed by atoms with van der Waals surface area (Å²) in [5.74, 6) is 1.19. The molecule has 0 bridgehead atoms. The first-order valence-electron chi connectivity index (χ1n) is 8.91. The lowest BCUT2D eigenvalue weighted by atomic mass is 10.1. The maximum absolute atomic E-state index is 12.8. The molecule has 0 N–H and O–H groups in total. The van der Waals surface area contributed by atoms with Crippen molar-refractivity contribution in [2.45, 2.75) is 11.7 Å². The van der Waals surface area contributed by atoms with Crippen LogP contribution in [0.15, 0.2) is 71.1 Å². The van der Waals surface area contributed by atoms with Crippen LogP contribution < -0.4 is 10.3 Å². The van der Waals surface area contributed by atoms with Crippen LogP contribution in [0.5, 0.6) is 5.75 Å². The highest BCUT2D eigenvalue weighted by atomic mass is 32.2. The van der Waals surface area contributed by atoms with Crippen molar-refractivity contribution in [1.29, 1.82) is 0 Å². The van der Waals surface area contributed by atoms with Crippen LogP contribution in [0.4, 0.5) is 0 Å². The number of thioether (sulfide) groups is 1. The van der Waals surface area contributed by atoms with E-state index in [1.807, 2.05) is 22.6 Å². The minimum atomic E-state index is -0.149. The first-order chi connectivity index (χ1) is 14.1. The molecule has 2 aromatic carbocycles. The van der Waals surface area contributed by atoms with Crippen molar-refractivity contribution in [3.8, 4) is 5.75 Å². The van der Waals surface area contributed by atoms with Crippen molar-refractivity contribution in [2.24, 2.45) is 0 Å². The van der Waals surface area contributed by atoms with Gasteiger partial charge in [-0.3, -0.25) is 18.6 Å². The zero-order chi connectivity index (χ0) is 20.4. The molecule has 29 heavy (non-hydrogen) atoms. The Morgan fingerprint density at radius 2 is 2.03 bits per heavy atom. The van der Waals surface area contributed by atoms with E-state index in [4.69, 9.17) is 4.74 Å². The van der Waals surface area contributed by atoms with Crippen LogP contribution in [0.2, 0.25) is 0 Å². The van der Waals surface area contributed by atoms with E-state index in [-0.39, 0.29) is 17.1 Å². The SMILES string of the molecule is C=CCn1c(=O)c2ccccc2n2c(SCC(=O)c3cccc(OC)c3)nnc12. The molecule has 2 heterocycles. The largest absolute Gasteiger partial charge is 0.497 e. The van der Waals surface area contributed by atoms with Crippen LogP contribution in [0.1, 0.15) is 10.4 Å². The van der Waals surface area contributed by atoms with Crippen LogP contribution >= 0.6 is 11.8 Å². The molecule has 0 fully saturated rings. The Balaban J connectivity index is 1.74. The Morgan fingerprint density at radius 1 is 1.21 bits per heavy atom. The van der Waals surface area contributed by atoms with Crippen LogP contribution in [-0.2, 0) is 6.54 Å². The Morgan fingerprint density at radius 3 is 2.83 bits per heavy atom. The second-order valence-electron chi connectivity index (χ2n) is 6.28. The lowest BCUT2D eigenvalue weighted by Crippen LogP contribution is -2.22. The lowest BCUT2D eigenvalue weighted by Gasteiger charge is -2.09. The molecule has 146 valence electrons. The van der Waals surface area contributed by atoms with E-state index in [1.165, 1.54) is 16.3 Å². The number of aromatic nitrogens is 4. The summed E-state index contributed by atoms with van der Waals surface area (Å²) in [6, 6.07) is 14.3. The van der Waals surface area contributed by atoms with Crippen molar-refractivity contribution in [3.05, 3.63) is 77.1 Å². The van der Waals surface area contributed by atoms with Crippen LogP contribution in [0.3, 0.4) is 0 Å². The van der Waals surface area contributed by atoms with E-state index in [2.05, 4.69) is 16.8 Å². The van der Waals surface area contributed by atoms with Gasteiger partial charge in [0.2, 0.25) is 5.78 Å². The predicted molar refractivity (Wildman–Crippen MR) is 113 cm³/mol. The molecule has 4 aromatic rings. The van der Waals surface area contributed by atoms with Crippen molar-refractivity contribution in [2.75, 3.05) is 12.9 Å². The van der Waals surface area contributed by atoms with Gasteiger partial charge in [-0.25, -0.2) is 0 Å². The van der Waals surface area contributed by atoms with E-state index in [0.29, 0.717) is 39.7 Å². The maximum Gasteiger partial charge on any atom is 0.263 e. The number of ketones is 1. The van der Waals surface area contributed by atoms with Gasteiger partial charge in [-0.05, 0) is 24.3 Å². The Labute approximate surface area is 170 Å². The number of carbonyl (C=O) groups is 1. The average molecular weight is 406 g/mol. The fourth-order valence-corrected chi connectivity index (χ4v) is 3.97. The molecule has 0 atom stereocenters. The first kappa shape index (κ1) is 18.9. The van der Waals surface area contributed by atoms with Gasteiger partial charge < -0.3 is 4.74 Å². The molecule has 0 unspecified atom stereocenters. The average Bonchev–Trinajstić information content (AvgIpc) is 3.19. The number of Topliss-reactive ketones (excluding diaryl/α,β-unsaturated/α-hetero) is 1. The number of fused-ring (bicyclic) bond motifs is 3. The van der Waals surface area contributed by atoms with Crippen molar-refractivity contribution in [1.82, 2.24) is 19.2 Å². The summed E-state index contributed by atoms with van der Waals surface area (Å²) in [5, 5.41) is 9.54. The molecule has 0 aliphatic heterocycles. The molecular formula is C21H18N4O3S. The fraction of sp³-hybridized carbons (Fsp3) is 0.143. The third-order valence-corrected chi connectivity index (χ3v) is 5.44. The summed E-state index contributed by atoms with van der Waals surface area (Å²) >= 11 is 1.28. The number of rotatable bonds is 7. The lowest BCUT2D eigenvalue weighted by molar-refractivity contribution is 0.102. The number of benzene rings is 2. The first-order valence-corrected chi connectivity index (χ1v) is 9.90. The van der Waals surface area contributed by atoms with Gasteiger partial charge in [0.25, 0.3) is 5.56 Å². The van der Waals surface area contributed by atoms with Gasteiger partial charge in [0.15, 0.2) is 10.9 Å². The summed E-state index contributed by atoms with van der Waals surface area (Å²) in [6.07, 6.45) is 1.64. The molecule has 0 radical (unpaired) electrons. The molecule has 0 aliphatic carbocycles. The van der Waals surface area contributed by atoms with E-state index in [0.717, 1.165) is 0 Å². The normalized spacial score (nSPS) is 11.1. The minimum absolute atomic E-state index is 0.0469. The standard InChI is InChI=1S/C21H18N4O3S/c1-3-11-24-19(27)16-9-4-5-10-17(16)25-20(24)22-23-21(25)29-13-18(26)14-7-6-8-15(12-14)28-2/h3-10,12H,1,11,13H2,2H3. The third kappa shape index (κ3) is 3.42. The summed E-state index contributed by atoms with van der Waals surface area (Å²) in [6.45, 7) is 4.04. The Kier molecular flexibility index (Phi) is 5.18. The second kappa shape index (κ2) is 7.92. The molecule has 0 saturated heterocycles. The number of allylic oxidation sites excluding steroid dienone is 1. The Bertz CT molecular complexity index is 1290. The zero-order valence-electron chi connectivity index (χ0n) is 15.7. The van der Waals surface area contributed by atoms with Crippen LogP contribution in [0, 0.1) is 0 Å². The zero-order valence-corrected chi connectivity index (χ0v) is 16.6. The number of hydrogen-bond acceptors (Lipinski definition) is 6. The highest BCUT2D eigenvalue weighted by Crippen LogP contribution is 2.23. The van der Waals surface area contributed by atoms with Crippen molar-refractivity contribution in [3.63, 3.8) is 0 Å². The molecule has 0 aliphatic rings. The number of carbonyl (C=O) groups excluding carboxylic acids is 1. The third-order valence-electron chi connectivity index (χ3n) is 4.51. The van der Waals surface area contributed by atoms with Gasteiger partial charge >= 0.3 is 0 Å². The van der Waals surface area contributed by atoms with Gasteiger partial charge in [-0.15, -0.1) is 16.8 Å². The topological polar surface area (TPSA) is 78.5 Å². The second-order valence-corrected chi connectivity index (χ2v) is 7.23. The smallest absolute Gasteiger partial charge is 0.263 e. The van der Waals surface area contributed by atoms with Crippen LogP contribution in [-0.4, -0.2) is 37.8 Å². The molecule has 4 rings (SSSR count). The van der Waals surface area contributed by atoms with Gasteiger partial charge in [-0.1, -0.05) is 42.1 Å². The minimum Gasteiger partial charge on any atom is -0.497 e. The van der Waals surface area contributed by atoms with Crippen molar-refractivity contribution >= 4 is 34.2 Å². The highest BCUT2D eigenvalue weighted by molar-refractivity contribution is 7.99. The summed E-state index contributed by atoms with van der Waals surface area (Å²) in [5.41, 5.74) is 1.12. The predicted octanol–water partition coefficient (Wildman–Crippen LogP) is 3.21. The number of hydrogen-bond donors (Lipinski definition) is 0. The highest BCUT2D eigenvalue weighted by Gasteiger charge is 2.17. The molecule has 7 nitrogen and oxygen atoms in total. The molecule has 0 amide bonds. The molecule has 0 saturated carbocycles. The monoisotopic (exact) mass is 406 g/mol. The quantitative estimate of drug-likeness (QED) is 0.266. The molecule has 8 heteroatoms. The van der Waals surface area contributed by atoms with Gasteiger partial charge in [0, 0.05) is 12.1 Å². The number of para-hydroxylation sites is 1. The molecule has 2 aromatic heterocycles. The molecule has 0 spiro atoms. The van der Waals surface area contributed by atoms with E-state index < -0.39 is 0 Å². The summed E-state index contributed by atoms with van der Waals surface area (Å²) in [4.78, 5) is 25.4. The number of ether oxygens (including phenoxy) is 1. The summed E-state index contributed by atoms with van der Waals surface area (Å²) in [7, 11) is 1.56. The maximum atomic E-state index is 12.8. The van der Waals surface area contributed by atoms with E-state index in [1.54, 1.807) is 43.5 Å². The number of methoxy groups -OCH3 is 1. The fourth-order valence-electron chi connectivity index (χ4n) is 3.13. The Hall–Kier alpha value is -3.39. The summed E-state index contributed by atoms with van der Waals surface area (Å²) < 4.78 is 8.52. The number of nitrogens with zero attached hydrogens (tertiary/aromatic N) is 4. The van der Waals surface area contributed by atoms with Gasteiger partial charge in [0.1, 0.15) is 5.75 Å². The van der Waals surface area contributed by atoms with Gasteiger partial charge in [0.05, 0.1) is 23.8 Å².